The number of anilines is 3. The van der Waals surface area contributed by atoms with Crippen molar-refractivity contribution in [3.8, 4) is 11.1 Å². The van der Waals surface area contributed by atoms with Crippen LogP contribution in [0.4, 0.5) is 17.1 Å². The van der Waals surface area contributed by atoms with Gasteiger partial charge in [-0.1, -0.05) is 115 Å². The molecule has 0 saturated carbocycles. The maximum atomic E-state index is 6.31. The van der Waals surface area contributed by atoms with Gasteiger partial charge in [0.2, 0.25) is 0 Å². The highest BCUT2D eigenvalue weighted by molar-refractivity contribution is 6.25. The molecule has 0 spiro atoms. The number of furan rings is 1. The molecule has 224 valence electrons. The summed E-state index contributed by atoms with van der Waals surface area (Å²) >= 11 is 0. The van der Waals surface area contributed by atoms with Crippen molar-refractivity contribution in [2.75, 3.05) is 4.90 Å². The molecule has 8 aromatic carbocycles. The minimum Gasteiger partial charge on any atom is -0.454 e. The fourth-order valence-electron chi connectivity index (χ4n) is 7.36. The molecule has 10 rings (SSSR count). The zero-order valence-corrected chi connectivity index (χ0v) is 26.0. The molecule has 0 aliphatic rings. The van der Waals surface area contributed by atoms with E-state index in [0.29, 0.717) is 0 Å². The average molecular weight is 613 g/mol. The molecule has 48 heavy (non-hydrogen) atoms. The monoisotopic (exact) mass is 612 g/mol. The summed E-state index contributed by atoms with van der Waals surface area (Å²) in [6.07, 6.45) is 1.96. The molecule has 10 aromatic rings. The third kappa shape index (κ3) is 4.18. The van der Waals surface area contributed by atoms with Crippen LogP contribution in [0.15, 0.2) is 174 Å². The van der Waals surface area contributed by atoms with Gasteiger partial charge in [0.05, 0.1) is 11.9 Å². The molecule has 0 aliphatic heterocycles. The van der Waals surface area contributed by atoms with Crippen molar-refractivity contribution in [2.45, 2.75) is 0 Å². The van der Waals surface area contributed by atoms with Crippen LogP contribution in [-0.4, -0.2) is 4.98 Å². The van der Waals surface area contributed by atoms with Crippen LogP contribution >= 0.6 is 0 Å². The third-order valence-electron chi connectivity index (χ3n) is 9.65. The van der Waals surface area contributed by atoms with E-state index >= 15 is 0 Å². The summed E-state index contributed by atoms with van der Waals surface area (Å²) in [5, 5.41) is 11.0. The van der Waals surface area contributed by atoms with Gasteiger partial charge in [0.25, 0.3) is 0 Å². The lowest BCUT2D eigenvalue weighted by Gasteiger charge is -2.26. The van der Waals surface area contributed by atoms with Crippen molar-refractivity contribution < 1.29 is 4.42 Å². The molecule has 0 atom stereocenters. The molecule has 2 aromatic heterocycles. The number of fused-ring (bicyclic) bond motifs is 10. The van der Waals surface area contributed by atoms with Crippen LogP contribution in [0.1, 0.15) is 0 Å². The van der Waals surface area contributed by atoms with E-state index < -0.39 is 0 Å². The fourth-order valence-corrected chi connectivity index (χ4v) is 7.36. The van der Waals surface area contributed by atoms with Gasteiger partial charge in [-0.2, -0.15) is 0 Å². The van der Waals surface area contributed by atoms with Crippen LogP contribution in [0.3, 0.4) is 0 Å². The van der Waals surface area contributed by atoms with E-state index in [2.05, 4.69) is 150 Å². The molecule has 0 amide bonds. The van der Waals surface area contributed by atoms with E-state index in [1.54, 1.807) is 0 Å². The molecule has 0 bridgehead atoms. The third-order valence-corrected chi connectivity index (χ3v) is 9.65. The van der Waals surface area contributed by atoms with Crippen molar-refractivity contribution in [1.82, 2.24) is 4.98 Å². The Kier molecular flexibility index (Phi) is 5.87. The smallest absolute Gasteiger partial charge is 0.155 e. The Balaban J connectivity index is 1.17. The maximum Gasteiger partial charge on any atom is 0.155 e. The van der Waals surface area contributed by atoms with E-state index in [-0.39, 0.29) is 0 Å². The highest BCUT2D eigenvalue weighted by atomic mass is 16.3. The SMILES string of the molecule is c1ccc2cc(-c3ccc(N(c4cnc5c(c4)oc4ccccc45)c4ccc5c6ccccc6c6ccccc6c5c4)cc3)ccc2c1. The Labute approximate surface area is 276 Å². The van der Waals surface area contributed by atoms with E-state index in [0.717, 1.165) is 39.1 Å². The second-order valence-electron chi connectivity index (χ2n) is 12.4. The van der Waals surface area contributed by atoms with Gasteiger partial charge in [0.15, 0.2) is 5.58 Å². The molecular weight excluding hydrogens is 585 g/mol. The first kappa shape index (κ1) is 26.7. The molecule has 3 heteroatoms. The number of hydrogen-bond donors (Lipinski definition) is 0. The van der Waals surface area contributed by atoms with Gasteiger partial charge in [-0.15, -0.1) is 0 Å². The van der Waals surface area contributed by atoms with Crippen LogP contribution in [0, 0.1) is 0 Å². The Morgan fingerprint density at radius 3 is 1.71 bits per heavy atom. The summed E-state index contributed by atoms with van der Waals surface area (Å²) in [6.45, 7) is 0. The Morgan fingerprint density at radius 1 is 0.375 bits per heavy atom. The molecule has 0 aliphatic carbocycles. The Bertz CT molecular complexity index is 2810. The number of aromatic nitrogens is 1. The first-order valence-electron chi connectivity index (χ1n) is 16.3. The number of nitrogens with zero attached hydrogens (tertiary/aromatic N) is 2. The van der Waals surface area contributed by atoms with Crippen molar-refractivity contribution in [1.29, 1.82) is 0 Å². The highest BCUT2D eigenvalue weighted by Crippen LogP contribution is 2.42. The second kappa shape index (κ2) is 10.5. The summed E-state index contributed by atoms with van der Waals surface area (Å²) in [6, 6.07) is 58.4. The number of para-hydroxylation sites is 1. The Hall–Kier alpha value is -6.45. The summed E-state index contributed by atoms with van der Waals surface area (Å²) in [5.41, 5.74) is 7.88. The lowest BCUT2D eigenvalue weighted by atomic mass is 9.94. The summed E-state index contributed by atoms with van der Waals surface area (Å²) in [4.78, 5) is 7.24. The summed E-state index contributed by atoms with van der Waals surface area (Å²) in [7, 11) is 0. The maximum absolute atomic E-state index is 6.31. The predicted molar refractivity (Wildman–Crippen MR) is 202 cm³/mol. The summed E-state index contributed by atoms with van der Waals surface area (Å²) < 4.78 is 6.31. The number of pyridine rings is 1. The van der Waals surface area contributed by atoms with Gasteiger partial charge in [-0.3, -0.25) is 0 Å². The van der Waals surface area contributed by atoms with E-state index in [4.69, 9.17) is 9.40 Å². The van der Waals surface area contributed by atoms with Crippen LogP contribution in [0.25, 0.3) is 76.3 Å². The van der Waals surface area contributed by atoms with Gasteiger partial charge >= 0.3 is 0 Å². The molecule has 0 N–H and O–H groups in total. The summed E-state index contributed by atoms with van der Waals surface area (Å²) in [5.74, 6) is 0. The largest absolute Gasteiger partial charge is 0.454 e. The average Bonchev–Trinajstić information content (AvgIpc) is 3.53. The minimum absolute atomic E-state index is 0.767. The van der Waals surface area contributed by atoms with Gasteiger partial charge in [-0.05, 0) is 96.7 Å². The second-order valence-corrected chi connectivity index (χ2v) is 12.4. The van der Waals surface area contributed by atoms with Crippen LogP contribution in [0.5, 0.6) is 0 Å². The molecule has 2 heterocycles. The number of benzene rings is 8. The molecule has 0 fully saturated rings. The topological polar surface area (TPSA) is 29.3 Å². The van der Waals surface area contributed by atoms with Crippen molar-refractivity contribution in [2.24, 2.45) is 0 Å². The van der Waals surface area contributed by atoms with Gasteiger partial charge < -0.3 is 9.32 Å². The van der Waals surface area contributed by atoms with Crippen LogP contribution in [-0.2, 0) is 0 Å². The van der Waals surface area contributed by atoms with E-state index in [9.17, 15) is 0 Å². The normalized spacial score (nSPS) is 11.8. The molecule has 0 saturated heterocycles. The van der Waals surface area contributed by atoms with Crippen LogP contribution < -0.4 is 4.90 Å². The van der Waals surface area contributed by atoms with Gasteiger partial charge in [0, 0.05) is 22.8 Å². The zero-order valence-electron chi connectivity index (χ0n) is 26.0. The Morgan fingerprint density at radius 2 is 0.958 bits per heavy atom. The molecule has 0 unspecified atom stereocenters. The zero-order chi connectivity index (χ0) is 31.6. The first-order valence-corrected chi connectivity index (χ1v) is 16.3. The quantitative estimate of drug-likeness (QED) is 0.185. The standard InChI is InChI=1S/C45H28N2O/c1-2-10-31-25-32(18-17-29(31)9-1)30-19-21-33(22-20-30)47(35-27-44-45(46-28-35)41-15-7-8-16-43(41)48-44)34-23-24-40-38-13-4-3-11-36(38)37-12-5-6-14-39(37)42(40)26-34/h1-28H. The first-order chi connectivity index (χ1) is 23.8. The lowest BCUT2D eigenvalue weighted by Crippen LogP contribution is -2.10. The van der Waals surface area contributed by atoms with Gasteiger partial charge in [0.1, 0.15) is 11.1 Å². The highest BCUT2D eigenvalue weighted by Gasteiger charge is 2.18. The van der Waals surface area contributed by atoms with E-state index in [1.807, 2.05) is 24.4 Å². The predicted octanol–water partition coefficient (Wildman–Crippen LogP) is 12.7. The van der Waals surface area contributed by atoms with E-state index in [1.165, 1.54) is 54.2 Å². The minimum atomic E-state index is 0.767. The molecule has 0 radical (unpaired) electrons. The van der Waals surface area contributed by atoms with Crippen molar-refractivity contribution in [3.63, 3.8) is 0 Å². The number of hydrogen-bond acceptors (Lipinski definition) is 3. The number of rotatable bonds is 4. The molecule has 3 nitrogen and oxygen atoms in total. The lowest BCUT2D eigenvalue weighted by molar-refractivity contribution is 0.668. The van der Waals surface area contributed by atoms with Gasteiger partial charge in [-0.25, -0.2) is 4.98 Å². The molecular formula is C45H28N2O. The van der Waals surface area contributed by atoms with Crippen LogP contribution in [0.2, 0.25) is 0 Å². The van der Waals surface area contributed by atoms with Crippen molar-refractivity contribution in [3.05, 3.63) is 170 Å². The van der Waals surface area contributed by atoms with Crippen molar-refractivity contribution >= 4 is 82.2 Å². The fraction of sp³-hybridized carbons (Fsp3) is 0.